The molecule has 2 aromatic heterocycles. The van der Waals surface area contributed by atoms with E-state index in [4.69, 9.17) is 5.11 Å². The molecular weight excluding hydrogens is 290 g/mol. The van der Waals surface area contributed by atoms with Crippen molar-refractivity contribution in [2.75, 3.05) is 6.54 Å². The minimum Gasteiger partial charge on any atom is -0.477 e. The molecule has 0 aromatic carbocycles. The molecule has 0 aliphatic carbocycles. The van der Waals surface area contributed by atoms with Crippen LogP contribution in [0.4, 0.5) is 0 Å². The Hall–Kier alpha value is -1.17. The molecule has 5 heteroatoms. The first-order chi connectivity index (χ1) is 9.56. The van der Waals surface area contributed by atoms with Gasteiger partial charge in [0.15, 0.2) is 0 Å². The van der Waals surface area contributed by atoms with Crippen LogP contribution in [0.1, 0.15) is 43.5 Å². The van der Waals surface area contributed by atoms with E-state index in [1.165, 1.54) is 21.8 Å². The van der Waals surface area contributed by atoms with Gasteiger partial charge in [-0.05, 0) is 48.9 Å². The molecule has 20 heavy (non-hydrogen) atoms. The minimum absolute atomic E-state index is 0.414. The predicted molar refractivity (Wildman–Crippen MR) is 82.9 cm³/mol. The van der Waals surface area contributed by atoms with E-state index in [1.807, 2.05) is 24.3 Å². The van der Waals surface area contributed by atoms with E-state index in [2.05, 4.69) is 23.3 Å². The molecule has 0 fully saturated rings. The van der Waals surface area contributed by atoms with Gasteiger partial charge in [0, 0.05) is 28.9 Å². The number of carbonyl (C=O) groups is 1. The molecule has 0 saturated heterocycles. The van der Waals surface area contributed by atoms with E-state index >= 15 is 0 Å². The van der Waals surface area contributed by atoms with Crippen LogP contribution in [0, 0.1) is 6.92 Å². The number of hydrogen-bond donors (Lipinski definition) is 1. The van der Waals surface area contributed by atoms with Gasteiger partial charge < -0.3 is 5.11 Å². The highest BCUT2D eigenvalue weighted by atomic mass is 32.1. The quantitative estimate of drug-likeness (QED) is 0.934. The van der Waals surface area contributed by atoms with Gasteiger partial charge in [-0.3, -0.25) is 4.90 Å². The van der Waals surface area contributed by atoms with Gasteiger partial charge in [-0.25, -0.2) is 4.79 Å². The zero-order valence-electron chi connectivity index (χ0n) is 11.5. The predicted octanol–water partition coefficient (Wildman–Crippen LogP) is 3.94. The maximum Gasteiger partial charge on any atom is 0.345 e. The normalized spacial score (nSPS) is 19.0. The van der Waals surface area contributed by atoms with Crippen molar-refractivity contribution in [2.24, 2.45) is 0 Å². The van der Waals surface area contributed by atoms with Crippen LogP contribution in [0.15, 0.2) is 17.5 Å². The Bertz CT molecular complexity index is 644. The lowest BCUT2D eigenvalue weighted by Crippen LogP contribution is -2.32. The van der Waals surface area contributed by atoms with Gasteiger partial charge in [0.2, 0.25) is 0 Å². The van der Waals surface area contributed by atoms with Crippen molar-refractivity contribution < 1.29 is 9.90 Å². The Kier molecular flexibility index (Phi) is 3.67. The number of carboxylic acid groups (broad SMARTS) is 1. The number of rotatable bonds is 3. The first kappa shape index (κ1) is 13.8. The first-order valence-electron chi connectivity index (χ1n) is 6.69. The Labute approximate surface area is 126 Å². The number of aromatic carboxylic acids is 1. The van der Waals surface area contributed by atoms with Crippen molar-refractivity contribution in [2.45, 2.75) is 32.9 Å². The van der Waals surface area contributed by atoms with Crippen LogP contribution in [0.5, 0.6) is 0 Å². The molecular formula is C15H17NO2S2. The summed E-state index contributed by atoms with van der Waals surface area (Å²) in [7, 11) is 0. The molecule has 106 valence electrons. The molecule has 3 nitrogen and oxygen atoms in total. The molecule has 0 bridgehead atoms. The molecule has 0 spiro atoms. The average Bonchev–Trinajstić information content (AvgIpc) is 3.00. The SMILES string of the molecule is Cc1sc(C(=O)O)cc1CN1CCc2sccc2C1C. The fourth-order valence-electron chi connectivity index (χ4n) is 2.78. The molecule has 0 saturated carbocycles. The fourth-order valence-corrected chi connectivity index (χ4v) is 4.61. The second-order valence-corrected chi connectivity index (χ2v) is 7.45. The van der Waals surface area contributed by atoms with E-state index in [0.29, 0.717) is 10.9 Å². The third-order valence-electron chi connectivity index (χ3n) is 4.01. The second kappa shape index (κ2) is 5.31. The van der Waals surface area contributed by atoms with Gasteiger partial charge in [-0.2, -0.15) is 0 Å². The third kappa shape index (κ3) is 2.41. The lowest BCUT2D eigenvalue weighted by Gasteiger charge is -2.33. The van der Waals surface area contributed by atoms with E-state index in [9.17, 15) is 4.79 Å². The van der Waals surface area contributed by atoms with Gasteiger partial charge in [-0.1, -0.05) is 0 Å². The molecule has 3 heterocycles. The number of hydrogen-bond acceptors (Lipinski definition) is 4. The number of nitrogens with zero attached hydrogens (tertiary/aromatic N) is 1. The molecule has 1 aliphatic rings. The highest BCUT2D eigenvalue weighted by Gasteiger charge is 2.25. The van der Waals surface area contributed by atoms with Crippen LogP contribution >= 0.6 is 22.7 Å². The minimum atomic E-state index is -0.823. The van der Waals surface area contributed by atoms with Crippen LogP contribution in [0.3, 0.4) is 0 Å². The summed E-state index contributed by atoms with van der Waals surface area (Å²) < 4.78 is 0. The van der Waals surface area contributed by atoms with Gasteiger partial charge in [0.25, 0.3) is 0 Å². The van der Waals surface area contributed by atoms with Crippen LogP contribution in [0.2, 0.25) is 0 Å². The van der Waals surface area contributed by atoms with E-state index in [-0.39, 0.29) is 0 Å². The Morgan fingerprint density at radius 1 is 1.55 bits per heavy atom. The first-order valence-corrected chi connectivity index (χ1v) is 8.39. The molecule has 0 radical (unpaired) electrons. The molecule has 0 amide bonds. The summed E-state index contributed by atoms with van der Waals surface area (Å²) in [6.07, 6.45) is 1.10. The lowest BCUT2D eigenvalue weighted by atomic mass is 10.0. The molecule has 1 atom stereocenters. The fraction of sp³-hybridized carbons (Fsp3) is 0.400. The number of thiophene rings is 2. The summed E-state index contributed by atoms with van der Waals surface area (Å²) >= 11 is 3.22. The summed E-state index contributed by atoms with van der Waals surface area (Å²) in [5, 5.41) is 11.3. The second-order valence-electron chi connectivity index (χ2n) is 5.19. The monoisotopic (exact) mass is 307 g/mol. The average molecular weight is 307 g/mol. The van der Waals surface area contributed by atoms with E-state index in [1.54, 1.807) is 0 Å². The van der Waals surface area contributed by atoms with Gasteiger partial charge in [-0.15, -0.1) is 22.7 Å². The highest BCUT2D eigenvalue weighted by Crippen LogP contribution is 2.34. The molecule has 1 N–H and O–H groups in total. The summed E-state index contributed by atoms with van der Waals surface area (Å²) in [5.74, 6) is -0.823. The zero-order valence-corrected chi connectivity index (χ0v) is 13.2. The largest absolute Gasteiger partial charge is 0.477 e. The maximum absolute atomic E-state index is 11.1. The lowest BCUT2D eigenvalue weighted by molar-refractivity contribution is 0.0702. The van der Waals surface area contributed by atoms with Crippen LogP contribution < -0.4 is 0 Å². The summed E-state index contributed by atoms with van der Waals surface area (Å²) in [5.41, 5.74) is 2.59. The highest BCUT2D eigenvalue weighted by molar-refractivity contribution is 7.14. The Balaban J connectivity index is 1.80. The van der Waals surface area contributed by atoms with Crippen molar-refractivity contribution in [1.29, 1.82) is 0 Å². The van der Waals surface area contributed by atoms with Gasteiger partial charge in [0.05, 0.1) is 0 Å². The smallest absolute Gasteiger partial charge is 0.345 e. The summed E-state index contributed by atoms with van der Waals surface area (Å²) in [4.78, 5) is 16.6. The number of aryl methyl sites for hydroxylation is 1. The Morgan fingerprint density at radius 3 is 3.05 bits per heavy atom. The Morgan fingerprint density at radius 2 is 2.35 bits per heavy atom. The molecule has 2 aromatic rings. The number of carboxylic acids is 1. The van der Waals surface area contributed by atoms with Gasteiger partial charge >= 0.3 is 5.97 Å². The standard InChI is InChI=1S/C15H17NO2S2/c1-9-12-4-6-19-13(12)3-5-16(9)8-11-7-14(15(17)18)20-10(11)2/h4,6-7,9H,3,5,8H2,1-2H3,(H,17,18). The molecule has 1 unspecified atom stereocenters. The topological polar surface area (TPSA) is 40.5 Å². The summed E-state index contributed by atoms with van der Waals surface area (Å²) in [6, 6.07) is 4.47. The molecule has 3 rings (SSSR count). The summed E-state index contributed by atoms with van der Waals surface area (Å²) in [6.45, 7) is 6.14. The van der Waals surface area contributed by atoms with Crippen molar-refractivity contribution in [3.05, 3.63) is 43.3 Å². The zero-order chi connectivity index (χ0) is 14.3. The van der Waals surface area contributed by atoms with Gasteiger partial charge in [0.1, 0.15) is 4.88 Å². The van der Waals surface area contributed by atoms with Crippen LogP contribution in [-0.4, -0.2) is 22.5 Å². The van der Waals surface area contributed by atoms with Crippen molar-refractivity contribution >= 4 is 28.6 Å². The van der Waals surface area contributed by atoms with E-state index in [0.717, 1.165) is 30.0 Å². The molecule has 1 aliphatic heterocycles. The van der Waals surface area contributed by atoms with Crippen molar-refractivity contribution in [3.63, 3.8) is 0 Å². The van der Waals surface area contributed by atoms with Crippen LogP contribution in [0.25, 0.3) is 0 Å². The number of fused-ring (bicyclic) bond motifs is 1. The third-order valence-corrected chi connectivity index (χ3v) is 6.09. The maximum atomic E-state index is 11.1. The van der Waals surface area contributed by atoms with Crippen LogP contribution in [-0.2, 0) is 13.0 Å². The van der Waals surface area contributed by atoms with E-state index < -0.39 is 5.97 Å². The van der Waals surface area contributed by atoms with Crippen molar-refractivity contribution in [3.8, 4) is 0 Å². The van der Waals surface area contributed by atoms with Crippen molar-refractivity contribution in [1.82, 2.24) is 4.90 Å².